The molecule has 1 aliphatic rings. The Bertz CT molecular complexity index is 1100. The van der Waals surface area contributed by atoms with E-state index < -0.39 is 18.5 Å². The highest BCUT2D eigenvalue weighted by Gasteiger charge is 2.36. The lowest BCUT2D eigenvalue weighted by molar-refractivity contribution is -0.141. The second kappa shape index (κ2) is 9.80. The molecule has 1 aromatic carbocycles. The Labute approximate surface area is 193 Å². The number of nitrogens with zero attached hydrogens (tertiary/aromatic N) is 5. The van der Waals surface area contributed by atoms with E-state index in [0.29, 0.717) is 26.2 Å². The highest BCUT2D eigenvalue weighted by molar-refractivity contribution is 6.32. The van der Waals surface area contributed by atoms with E-state index in [4.69, 9.17) is 16.3 Å². The molecular weight excluding hydrogens is 459 g/mol. The van der Waals surface area contributed by atoms with Crippen molar-refractivity contribution in [1.29, 1.82) is 0 Å². The van der Waals surface area contributed by atoms with Crippen molar-refractivity contribution in [2.24, 2.45) is 0 Å². The number of para-hydroxylation sites is 1. The van der Waals surface area contributed by atoms with Gasteiger partial charge in [0, 0.05) is 51.2 Å². The van der Waals surface area contributed by atoms with Gasteiger partial charge in [-0.25, -0.2) is 0 Å². The predicted molar refractivity (Wildman–Crippen MR) is 115 cm³/mol. The largest absolute Gasteiger partial charge is 0.467 e. The molecule has 0 spiro atoms. The molecular formula is C22H21ClF3N5O2. The number of aromatic nitrogens is 3. The zero-order valence-electron chi connectivity index (χ0n) is 17.5. The first kappa shape index (κ1) is 23.1. The van der Waals surface area contributed by atoms with Gasteiger partial charge in [0.05, 0.1) is 10.7 Å². The number of piperazine rings is 1. The van der Waals surface area contributed by atoms with Crippen molar-refractivity contribution in [2.45, 2.75) is 12.7 Å². The molecule has 11 heteroatoms. The summed E-state index contributed by atoms with van der Waals surface area (Å²) >= 11 is 6.13. The third kappa shape index (κ3) is 5.63. The fraction of sp³-hybridized carbons (Fsp3) is 0.318. The van der Waals surface area contributed by atoms with Crippen LogP contribution in [0.3, 0.4) is 0 Å². The Hall–Kier alpha value is -3.11. The van der Waals surface area contributed by atoms with Crippen molar-refractivity contribution in [1.82, 2.24) is 24.6 Å². The van der Waals surface area contributed by atoms with E-state index in [1.807, 2.05) is 18.3 Å². The third-order valence-electron chi connectivity index (χ3n) is 5.25. The topological polar surface area (TPSA) is 63.5 Å². The Morgan fingerprint density at radius 3 is 2.52 bits per heavy atom. The molecule has 3 aromatic rings. The number of rotatable bonds is 6. The van der Waals surface area contributed by atoms with Gasteiger partial charge in [-0.05, 0) is 23.8 Å². The highest BCUT2D eigenvalue weighted by Crippen LogP contribution is 2.33. The average Bonchev–Trinajstić information content (AvgIpc) is 3.24. The Morgan fingerprint density at radius 1 is 1.09 bits per heavy atom. The maximum Gasteiger partial charge on any atom is 0.435 e. The summed E-state index contributed by atoms with van der Waals surface area (Å²) in [6.07, 6.45) is -1.14. The number of alkyl halides is 3. The Balaban J connectivity index is 1.39. The minimum absolute atomic E-state index is 0.204. The molecule has 3 heterocycles. The number of amides is 1. The van der Waals surface area contributed by atoms with Crippen LogP contribution in [0.25, 0.3) is 5.69 Å². The van der Waals surface area contributed by atoms with Crippen LogP contribution in [0.15, 0.2) is 54.9 Å². The van der Waals surface area contributed by atoms with Crippen LogP contribution in [-0.4, -0.2) is 63.3 Å². The second-order valence-electron chi connectivity index (χ2n) is 7.54. The molecule has 4 rings (SSSR count). The van der Waals surface area contributed by atoms with Crippen LogP contribution in [0.2, 0.25) is 5.02 Å². The van der Waals surface area contributed by atoms with Gasteiger partial charge < -0.3 is 9.64 Å². The summed E-state index contributed by atoms with van der Waals surface area (Å²) in [6.45, 7) is 2.69. The lowest BCUT2D eigenvalue weighted by atomic mass is 10.2. The molecule has 33 heavy (non-hydrogen) atoms. The molecule has 0 aliphatic carbocycles. The minimum Gasteiger partial charge on any atom is -0.467 e. The fourth-order valence-corrected chi connectivity index (χ4v) is 3.75. The molecule has 1 aliphatic heterocycles. The van der Waals surface area contributed by atoms with Gasteiger partial charge in [0.15, 0.2) is 12.3 Å². The average molecular weight is 480 g/mol. The number of carbonyl (C=O) groups is 1. The van der Waals surface area contributed by atoms with Crippen LogP contribution in [-0.2, 0) is 17.5 Å². The van der Waals surface area contributed by atoms with E-state index in [0.717, 1.165) is 22.9 Å². The first-order valence-corrected chi connectivity index (χ1v) is 10.6. The van der Waals surface area contributed by atoms with Gasteiger partial charge in [0.1, 0.15) is 0 Å². The first-order valence-electron chi connectivity index (χ1n) is 10.3. The van der Waals surface area contributed by atoms with Crippen molar-refractivity contribution in [3.8, 4) is 11.6 Å². The van der Waals surface area contributed by atoms with Gasteiger partial charge in [0.25, 0.3) is 5.91 Å². The molecule has 0 radical (unpaired) electrons. The summed E-state index contributed by atoms with van der Waals surface area (Å²) in [7, 11) is 0. The van der Waals surface area contributed by atoms with Gasteiger partial charge in [-0.3, -0.25) is 14.7 Å². The summed E-state index contributed by atoms with van der Waals surface area (Å²) in [6, 6.07) is 11.0. The smallest absolute Gasteiger partial charge is 0.435 e. The van der Waals surface area contributed by atoms with Crippen LogP contribution in [0, 0.1) is 0 Å². The molecule has 0 saturated carbocycles. The maximum absolute atomic E-state index is 13.2. The van der Waals surface area contributed by atoms with Crippen LogP contribution in [0.1, 0.15) is 11.3 Å². The van der Waals surface area contributed by atoms with E-state index in [-0.39, 0.29) is 22.5 Å². The van der Waals surface area contributed by atoms with E-state index in [2.05, 4.69) is 15.0 Å². The van der Waals surface area contributed by atoms with Gasteiger partial charge in [-0.15, -0.1) is 0 Å². The summed E-state index contributed by atoms with van der Waals surface area (Å²) in [5.41, 5.74) is 0.184. The molecule has 2 aromatic heterocycles. The lowest BCUT2D eigenvalue weighted by Crippen LogP contribution is -2.49. The first-order chi connectivity index (χ1) is 15.8. The molecule has 174 valence electrons. The summed E-state index contributed by atoms with van der Waals surface area (Å²) in [5, 5.41) is 3.80. The molecule has 0 atom stereocenters. The third-order valence-corrected chi connectivity index (χ3v) is 5.56. The maximum atomic E-state index is 13.2. The standard InChI is InChI=1S/C22H21ClF3N5O2/c23-17-5-1-2-6-18(17)31-21(12-19(28-31)22(24,25)26)33-15-20(32)30-10-8-29(9-11-30)14-16-4-3-7-27-13-16/h1-7,12-13H,8-11,14-15H2. The number of hydrogen-bond acceptors (Lipinski definition) is 5. The number of benzene rings is 1. The number of ether oxygens (including phenoxy) is 1. The minimum atomic E-state index is -4.67. The number of hydrogen-bond donors (Lipinski definition) is 0. The lowest BCUT2D eigenvalue weighted by Gasteiger charge is -2.34. The fourth-order valence-electron chi connectivity index (χ4n) is 3.53. The molecule has 0 unspecified atom stereocenters. The Kier molecular flexibility index (Phi) is 6.85. The molecule has 0 N–H and O–H groups in total. The normalized spacial score (nSPS) is 15.0. The summed E-state index contributed by atoms with van der Waals surface area (Å²) < 4.78 is 46.1. The van der Waals surface area contributed by atoms with Gasteiger partial charge >= 0.3 is 6.18 Å². The SMILES string of the molecule is O=C(COc1cc(C(F)(F)F)nn1-c1ccccc1Cl)N1CCN(Cc2cccnc2)CC1. The van der Waals surface area contributed by atoms with Gasteiger partial charge in [0.2, 0.25) is 5.88 Å². The van der Waals surface area contributed by atoms with E-state index >= 15 is 0 Å². The Morgan fingerprint density at radius 2 is 1.85 bits per heavy atom. The van der Waals surface area contributed by atoms with E-state index in [1.54, 1.807) is 23.2 Å². The van der Waals surface area contributed by atoms with Gasteiger partial charge in [-0.2, -0.15) is 23.0 Å². The second-order valence-corrected chi connectivity index (χ2v) is 7.94. The number of carbonyl (C=O) groups excluding carboxylic acids is 1. The number of pyridine rings is 1. The summed E-state index contributed by atoms with van der Waals surface area (Å²) in [4.78, 5) is 20.6. The van der Waals surface area contributed by atoms with E-state index in [1.165, 1.54) is 12.1 Å². The molecule has 7 nitrogen and oxygen atoms in total. The number of halogens is 4. The highest BCUT2D eigenvalue weighted by atomic mass is 35.5. The zero-order valence-corrected chi connectivity index (χ0v) is 18.3. The monoisotopic (exact) mass is 479 g/mol. The molecule has 0 bridgehead atoms. The van der Waals surface area contributed by atoms with Crippen molar-refractivity contribution < 1.29 is 22.7 Å². The van der Waals surface area contributed by atoms with Gasteiger partial charge in [-0.1, -0.05) is 29.8 Å². The van der Waals surface area contributed by atoms with Crippen molar-refractivity contribution in [2.75, 3.05) is 32.8 Å². The molecule has 1 amide bonds. The molecule has 1 fully saturated rings. The van der Waals surface area contributed by atoms with Crippen LogP contribution in [0.4, 0.5) is 13.2 Å². The van der Waals surface area contributed by atoms with Crippen molar-refractivity contribution in [3.05, 3.63) is 71.1 Å². The molecule has 1 saturated heterocycles. The van der Waals surface area contributed by atoms with Crippen LogP contribution < -0.4 is 4.74 Å². The van der Waals surface area contributed by atoms with Crippen molar-refractivity contribution >= 4 is 17.5 Å². The summed E-state index contributed by atoms with van der Waals surface area (Å²) in [5.74, 6) is -0.518. The predicted octanol–water partition coefficient (Wildman–Crippen LogP) is 3.66. The van der Waals surface area contributed by atoms with E-state index in [9.17, 15) is 18.0 Å². The van der Waals surface area contributed by atoms with Crippen LogP contribution in [0.5, 0.6) is 5.88 Å². The van der Waals surface area contributed by atoms with Crippen molar-refractivity contribution in [3.63, 3.8) is 0 Å². The quantitative estimate of drug-likeness (QED) is 0.540. The zero-order chi connectivity index (χ0) is 23.4. The van der Waals surface area contributed by atoms with Crippen LogP contribution >= 0.6 is 11.6 Å².